The fourth-order valence-electron chi connectivity index (χ4n) is 6.47. The molecule has 0 aromatic heterocycles. The van der Waals surface area contributed by atoms with E-state index in [2.05, 4.69) is 19.9 Å². The zero-order valence-electron chi connectivity index (χ0n) is 13.2. The fourth-order valence-corrected chi connectivity index (χ4v) is 6.47. The molecular weight excluding hydrogens is 260 g/mol. The lowest BCUT2D eigenvalue weighted by atomic mass is 9.46. The first-order chi connectivity index (χ1) is 9.98. The van der Waals surface area contributed by atoms with Crippen molar-refractivity contribution < 1.29 is 9.59 Å². The predicted octanol–water partition coefficient (Wildman–Crippen LogP) is 3.94. The molecular formula is C19H26O2. The van der Waals surface area contributed by atoms with Gasteiger partial charge in [-0.15, -0.1) is 0 Å². The Bertz CT molecular complexity index is 534. The van der Waals surface area contributed by atoms with Gasteiger partial charge in [-0.05, 0) is 68.3 Å². The lowest BCUT2D eigenvalue weighted by molar-refractivity contribution is -0.148. The zero-order chi connectivity index (χ0) is 14.8. The largest absolute Gasteiger partial charge is 0.299 e. The van der Waals surface area contributed by atoms with E-state index in [0.717, 1.165) is 32.1 Å². The average molecular weight is 286 g/mol. The van der Waals surface area contributed by atoms with Crippen molar-refractivity contribution in [2.75, 3.05) is 0 Å². The third-order valence-electron chi connectivity index (χ3n) is 7.83. The Labute approximate surface area is 127 Å². The van der Waals surface area contributed by atoms with E-state index in [9.17, 15) is 9.59 Å². The lowest BCUT2D eigenvalue weighted by Crippen LogP contribution is -2.55. The van der Waals surface area contributed by atoms with Crippen LogP contribution in [0.4, 0.5) is 0 Å². The molecule has 0 saturated heterocycles. The minimum atomic E-state index is -0.148. The van der Waals surface area contributed by atoms with E-state index in [1.54, 1.807) is 0 Å². The second kappa shape index (κ2) is 4.30. The summed E-state index contributed by atoms with van der Waals surface area (Å²) >= 11 is 0. The monoisotopic (exact) mass is 286 g/mol. The summed E-state index contributed by atoms with van der Waals surface area (Å²) < 4.78 is 0. The van der Waals surface area contributed by atoms with Gasteiger partial charge in [0.2, 0.25) is 0 Å². The first-order valence-corrected chi connectivity index (χ1v) is 8.72. The molecule has 2 heteroatoms. The van der Waals surface area contributed by atoms with Crippen molar-refractivity contribution in [3.8, 4) is 0 Å². The van der Waals surface area contributed by atoms with Crippen LogP contribution in [0.15, 0.2) is 12.2 Å². The molecule has 4 aliphatic rings. The number of hydrogen-bond acceptors (Lipinski definition) is 2. The second-order valence-corrected chi connectivity index (χ2v) is 8.35. The minimum absolute atomic E-state index is 0.0715. The first-order valence-electron chi connectivity index (χ1n) is 8.72. The normalized spacial score (nSPS) is 52.3. The molecule has 0 N–H and O–H groups in total. The van der Waals surface area contributed by atoms with Crippen LogP contribution in [0.1, 0.15) is 58.8 Å². The molecule has 3 fully saturated rings. The molecule has 114 valence electrons. The van der Waals surface area contributed by atoms with Crippen LogP contribution in [0.25, 0.3) is 0 Å². The van der Waals surface area contributed by atoms with Gasteiger partial charge in [0, 0.05) is 17.3 Å². The standard InChI is InChI=1S/C19H26O2/c1-18-11-10-15-13(14(18)8-9-16(18)20)7-6-12-4-3-5-17(21)19(12,15)2/h3,5,12-15H,4,6-11H2,1-2H3/t12-,13+,14+,15+,18+,19+/m1/s1. The van der Waals surface area contributed by atoms with Gasteiger partial charge in [0.15, 0.2) is 5.78 Å². The molecule has 0 bridgehead atoms. The van der Waals surface area contributed by atoms with Crippen molar-refractivity contribution in [1.29, 1.82) is 0 Å². The SMILES string of the molecule is C[C@]12C(=O)C=CC[C@@H]1CC[C@@H]1[C@@H]2CC[C@]2(C)C(=O)CC[C@@H]12. The third kappa shape index (κ3) is 1.59. The number of fused-ring (bicyclic) bond motifs is 5. The van der Waals surface area contributed by atoms with Crippen molar-refractivity contribution >= 4 is 11.6 Å². The highest BCUT2D eigenvalue weighted by Gasteiger charge is 2.61. The summed E-state index contributed by atoms with van der Waals surface area (Å²) in [6.45, 7) is 4.44. The van der Waals surface area contributed by atoms with Gasteiger partial charge in [0.05, 0.1) is 0 Å². The highest BCUT2D eigenvalue weighted by molar-refractivity contribution is 5.96. The van der Waals surface area contributed by atoms with E-state index in [-0.39, 0.29) is 10.8 Å². The van der Waals surface area contributed by atoms with Crippen LogP contribution in [0.3, 0.4) is 0 Å². The molecule has 0 aromatic carbocycles. The Balaban J connectivity index is 1.72. The van der Waals surface area contributed by atoms with E-state index in [1.165, 1.54) is 12.8 Å². The Morgan fingerprint density at radius 3 is 2.67 bits per heavy atom. The second-order valence-electron chi connectivity index (χ2n) is 8.35. The van der Waals surface area contributed by atoms with Crippen molar-refractivity contribution in [1.82, 2.24) is 0 Å². The van der Waals surface area contributed by atoms with Crippen LogP contribution < -0.4 is 0 Å². The summed E-state index contributed by atoms with van der Waals surface area (Å²) in [7, 11) is 0. The Kier molecular flexibility index (Phi) is 2.81. The number of carbonyl (C=O) groups is 2. The van der Waals surface area contributed by atoms with Gasteiger partial charge in [0.1, 0.15) is 5.78 Å². The number of carbonyl (C=O) groups excluding carboxylic acids is 2. The molecule has 0 unspecified atom stereocenters. The number of allylic oxidation sites excluding steroid dienone is 2. The van der Waals surface area contributed by atoms with E-state index in [4.69, 9.17) is 0 Å². The third-order valence-corrected chi connectivity index (χ3v) is 7.83. The summed E-state index contributed by atoms with van der Waals surface area (Å²) in [5.74, 6) is 3.05. The molecule has 0 heterocycles. The lowest BCUT2D eigenvalue weighted by Gasteiger charge is -2.57. The summed E-state index contributed by atoms with van der Waals surface area (Å²) in [5.41, 5.74) is -0.220. The van der Waals surface area contributed by atoms with Gasteiger partial charge in [0.25, 0.3) is 0 Å². The van der Waals surface area contributed by atoms with Crippen LogP contribution in [0.2, 0.25) is 0 Å². The topological polar surface area (TPSA) is 34.1 Å². The van der Waals surface area contributed by atoms with Gasteiger partial charge < -0.3 is 0 Å². The van der Waals surface area contributed by atoms with E-state index >= 15 is 0 Å². The van der Waals surface area contributed by atoms with Gasteiger partial charge in [-0.25, -0.2) is 0 Å². The summed E-state index contributed by atoms with van der Waals surface area (Å²) in [5, 5.41) is 0. The number of Topliss-reactive ketones (excluding diaryl/α,β-unsaturated/α-hetero) is 1. The van der Waals surface area contributed by atoms with Gasteiger partial charge in [-0.2, -0.15) is 0 Å². The number of rotatable bonds is 0. The van der Waals surface area contributed by atoms with Gasteiger partial charge >= 0.3 is 0 Å². The number of hydrogen-bond donors (Lipinski definition) is 0. The predicted molar refractivity (Wildman–Crippen MR) is 81.6 cm³/mol. The van der Waals surface area contributed by atoms with Crippen molar-refractivity contribution in [2.24, 2.45) is 34.5 Å². The van der Waals surface area contributed by atoms with E-state index in [0.29, 0.717) is 35.2 Å². The Hall–Kier alpha value is -0.920. The maximum absolute atomic E-state index is 12.7. The number of ketones is 2. The molecule has 0 aliphatic heterocycles. The molecule has 21 heavy (non-hydrogen) atoms. The quantitative estimate of drug-likeness (QED) is 0.676. The molecule has 4 aliphatic carbocycles. The van der Waals surface area contributed by atoms with Crippen LogP contribution in [-0.2, 0) is 9.59 Å². The highest BCUT2D eigenvalue weighted by atomic mass is 16.1. The van der Waals surface area contributed by atoms with Crippen molar-refractivity contribution in [3.63, 3.8) is 0 Å². The van der Waals surface area contributed by atoms with Crippen LogP contribution in [-0.4, -0.2) is 11.6 Å². The minimum Gasteiger partial charge on any atom is -0.299 e. The van der Waals surface area contributed by atoms with E-state index in [1.807, 2.05) is 6.08 Å². The van der Waals surface area contributed by atoms with Crippen LogP contribution in [0, 0.1) is 34.5 Å². The Morgan fingerprint density at radius 2 is 1.86 bits per heavy atom. The first kappa shape index (κ1) is 13.7. The molecule has 6 atom stereocenters. The molecule has 0 spiro atoms. The summed E-state index contributed by atoms with van der Waals surface area (Å²) in [6.07, 6.45) is 11.3. The molecule has 4 rings (SSSR count). The molecule has 0 aromatic rings. The Morgan fingerprint density at radius 1 is 1.05 bits per heavy atom. The van der Waals surface area contributed by atoms with Crippen LogP contribution in [0.5, 0.6) is 0 Å². The van der Waals surface area contributed by atoms with E-state index < -0.39 is 0 Å². The summed E-state index contributed by atoms with van der Waals surface area (Å²) in [4.78, 5) is 25.0. The summed E-state index contributed by atoms with van der Waals surface area (Å²) in [6, 6.07) is 0. The van der Waals surface area contributed by atoms with Gasteiger partial charge in [-0.1, -0.05) is 19.9 Å². The average Bonchev–Trinajstić information content (AvgIpc) is 2.76. The maximum atomic E-state index is 12.7. The smallest absolute Gasteiger partial charge is 0.161 e. The fraction of sp³-hybridized carbons (Fsp3) is 0.789. The van der Waals surface area contributed by atoms with Crippen molar-refractivity contribution in [2.45, 2.75) is 58.8 Å². The maximum Gasteiger partial charge on any atom is 0.161 e. The van der Waals surface area contributed by atoms with Crippen molar-refractivity contribution in [3.05, 3.63) is 12.2 Å². The molecule has 0 radical (unpaired) electrons. The van der Waals surface area contributed by atoms with Crippen LogP contribution >= 0.6 is 0 Å². The molecule has 0 amide bonds. The molecule has 3 saturated carbocycles. The highest BCUT2D eigenvalue weighted by Crippen LogP contribution is 2.64. The zero-order valence-corrected chi connectivity index (χ0v) is 13.2. The molecule has 2 nitrogen and oxygen atoms in total. The van der Waals surface area contributed by atoms with Gasteiger partial charge in [-0.3, -0.25) is 9.59 Å².